The molecule has 4 rings (SSSR count). The average Bonchev–Trinajstić information content (AvgIpc) is 3.30. The Morgan fingerprint density at radius 2 is 2.03 bits per heavy atom. The summed E-state index contributed by atoms with van der Waals surface area (Å²) in [5, 5.41) is 12.1. The summed E-state index contributed by atoms with van der Waals surface area (Å²) >= 11 is 7.31. The molecule has 162 valence electrons. The molecular weight excluding hydrogens is 446 g/mol. The molecule has 2 aliphatic heterocycles. The molecule has 2 saturated heterocycles. The van der Waals surface area contributed by atoms with Crippen molar-refractivity contribution in [2.24, 2.45) is 0 Å². The molecule has 3 heterocycles. The van der Waals surface area contributed by atoms with E-state index in [2.05, 4.69) is 20.4 Å². The molecule has 11 heteroatoms. The molecule has 8 nitrogen and oxygen atoms in total. The number of carbonyl (C=O) groups is 1. The Morgan fingerprint density at radius 1 is 1.23 bits per heavy atom. The van der Waals surface area contributed by atoms with Crippen LogP contribution in [-0.2, 0) is 14.6 Å². The summed E-state index contributed by atoms with van der Waals surface area (Å²) in [5.41, 5.74) is 0.808. The summed E-state index contributed by atoms with van der Waals surface area (Å²) in [4.78, 5) is 14.8. The maximum absolute atomic E-state index is 12.6. The van der Waals surface area contributed by atoms with Gasteiger partial charge in [0, 0.05) is 11.1 Å². The van der Waals surface area contributed by atoms with Crippen molar-refractivity contribution in [3.63, 3.8) is 0 Å². The fourth-order valence-corrected chi connectivity index (χ4v) is 6.96. The molecule has 2 atom stereocenters. The summed E-state index contributed by atoms with van der Waals surface area (Å²) in [6.07, 6.45) is 4.90. The van der Waals surface area contributed by atoms with Gasteiger partial charge in [0.15, 0.2) is 15.0 Å². The number of carbonyl (C=O) groups excluding carboxylic acids is 1. The molecule has 1 aromatic heterocycles. The summed E-state index contributed by atoms with van der Waals surface area (Å²) in [6.45, 7) is 1.79. The van der Waals surface area contributed by atoms with Crippen LogP contribution >= 0.6 is 23.4 Å². The van der Waals surface area contributed by atoms with E-state index in [1.807, 2.05) is 12.1 Å². The molecule has 1 amide bonds. The number of sulfone groups is 1. The lowest BCUT2D eigenvalue weighted by atomic mass is 10.1. The first kappa shape index (κ1) is 21.6. The van der Waals surface area contributed by atoms with Crippen LogP contribution in [0.25, 0.3) is 5.69 Å². The highest BCUT2D eigenvalue weighted by molar-refractivity contribution is 7.99. The van der Waals surface area contributed by atoms with E-state index < -0.39 is 9.84 Å². The van der Waals surface area contributed by atoms with E-state index in [4.69, 9.17) is 11.6 Å². The van der Waals surface area contributed by atoms with Crippen molar-refractivity contribution in [3.8, 4) is 5.69 Å². The van der Waals surface area contributed by atoms with Crippen molar-refractivity contribution in [1.82, 2.24) is 25.0 Å². The lowest BCUT2D eigenvalue weighted by Crippen LogP contribution is -2.52. The van der Waals surface area contributed by atoms with Gasteiger partial charge in [0.25, 0.3) is 0 Å². The second-order valence-electron chi connectivity index (χ2n) is 7.67. The van der Waals surface area contributed by atoms with E-state index in [0.29, 0.717) is 10.2 Å². The molecule has 0 aliphatic carbocycles. The fourth-order valence-electron chi connectivity index (χ4n) is 4.08. The van der Waals surface area contributed by atoms with Crippen LogP contribution in [0.5, 0.6) is 0 Å². The highest BCUT2D eigenvalue weighted by atomic mass is 35.5. The Hall–Kier alpha value is -1.62. The number of halogens is 1. The van der Waals surface area contributed by atoms with Gasteiger partial charge in [-0.15, -0.1) is 10.2 Å². The first-order valence-corrected chi connectivity index (χ1v) is 13.1. The van der Waals surface area contributed by atoms with Gasteiger partial charge in [0.2, 0.25) is 5.91 Å². The largest absolute Gasteiger partial charge is 0.350 e. The van der Waals surface area contributed by atoms with E-state index in [0.717, 1.165) is 31.6 Å². The number of nitrogens with one attached hydrogen (secondary N) is 1. The predicted molar refractivity (Wildman–Crippen MR) is 117 cm³/mol. The fraction of sp³-hybridized carbons (Fsp3) is 0.526. The topological polar surface area (TPSA) is 97.2 Å². The van der Waals surface area contributed by atoms with Gasteiger partial charge in [0.1, 0.15) is 6.33 Å². The van der Waals surface area contributed by atoms with Crippen molar-refractivity contribution in [2.45, 2.75) is 36.5 Å². The number of nitrogens with zero attached hydrogens (tertiary/aromatic N) is 4. The normalized spacial score (nSPS) is 24.0. The van der Waals surface area contributed by atoms with Gasteiger partial charge in [-0.3, -0.25) is 14.3 Å². The third kappa shape index (κ3) is 5.16. The zero-order valence-corrected chi connectivity index (χ0v) is 18.8. The second kappa shape index (κ2) is 9.25. The third-order valence-electron chi connectivity index (χ3n) is 5.46. The number of benzene rings is 1. The number of rotatable bonds is 6. The molecule has 2 fully saturated rings. The summed E-state index contributed by atoms with van der Waals surface area (Å²) < 4.78 is 26.2. The van der Waals surface area contributed by atoms with E-state index in [-0.39, 0.29) is 35.2 Å². The minimum absolute atomic E-state index is 0.00324. The SMILES string of the molecule is O=C(CSc1nncn1-c1cccc(Cl)c1)NC1CS(=O)(=O)CC1N1CCCCC1. The first-order chi connectivity index (χ1) is 14.4. The van der Waals surface area contributed by atoms with Crippen LogP contribution in [0.2, 0.25) is 5.02 Å². The van der Waals surface area contributed by atoms with Crippen LogP contribution in [0.1, 0.15) is 19.3 Å². The van der Waals surface area contributed by atoms with Crippen molar-refractivity contribution in [1.29, 1.82) is 0 Å². The molecule has 0 bridgehead atoms. The Morgan fingerprint density at radius 3 is 2.80 bits per heavy atom. The Bertz CT molecular complexity index is 1010. The van der Waals surface area contributed by atoms with E-state index in [1.165, 1.54) is 18.2 Å². The standard InChI is InChI=1S/C19H24ClN5O3S2/c20-14-5-4-6-15(9-14)25-13-21-23-19(25)29-10-18(26)22-16-11-30(27,28)12-17(16)24-7-2-1-3-8-24/h4-6,9,13,16-17H,1-3,7-8,10-12H2,(H,22,26). The van der Waals surface area contributed by atoms with Gasteiger partial charge in [-0.05, 0) is 44.1 Å². The van der Waals surface area contributed by atoms with Gasteiger partial charge in [-0.2, -0.15) is 0 Å². The Balaban J connectivity index is 1.38. The molecule has 2 aromatic rings. The molecule has 1 N–H and O–H groups in total. The number of hydrogen-bond donors (Lipinski definition) is 1. The first-order valence-electron chi connectivity index (χ1n) is 9.94. The molecule has 0 saturated carbocycles. The van der Waals surface area contributed by atoms with Crippen molar-refractivity contribution >= 4 is 39.1 Å². The van der Waals surface area contributed by atoms with Crippen LogP contribution in [0, 0.1) is 0 Å². The summed E-state index contributed by atoms with van der Waals surface area (Å²) in [5.74, 6) is 0.0460. The molecule has 0 radical (unpaired) electrons. The molecule has 30 heavy (non-hydrogen) atoms. The number of likely N-dealkylation sites (tertiary alicyclic amines) is 1. The van der Waals surface area contributed by atoms with Crippen LogP contribution in [0.15, 0.2) is 35.7 Å². The van der Waals surface area contributed by atoms with Crippen LogP contribution in [0.3, 0.4) is 0 Å². The minimum Gasteiger partial charge on any atom is -0.350 e. The van der Waals surface area contributed by atoms with Crippen LogP contribution < -0.4 is 5.32 Å². The molecule has 0 spiro atoms. The van der Waals surface area contributed by atoms with E-state index in [9.17, 15) is 13.2 Å². The zero-order chi connectivity index (χ0) is 21.1. The Kier molecular flexibility index (Phi) is 6.66. The predicted octanol–water partition coefficient (Wildman–Crippen LogP) is 1.78. The molecule has 2 unspecified atom stereocenters. The monoisotopic (exact) mass is 469 g/mol. The number of hydrogen-bond acceptors (Lipinski definition) is 7. The number of aromatic nitrogens is 3. The molecule has 2 aliphatic rings. The summed E-state index contributed by atoms with van der Waals surface area (Å²) in [7, 11) is -3.15. The van der Waals surface area contributed by atoms with Gasteiger partial charge in [-0.1, -0.05) is 35.9 Å². The van der Waals surface area contributed by atoms with Crippen molar-refractivity contribution in [3.05, 3.63) is 35.6 Å². The third-order valence-corrected chi connectivity index (χ3v) is 8.36. The second-order valence-corrected chi connectivity index (χ2v) is 11.2. The number of amides is 1. The number of thioether (sulfide) groups is 1. The van der Waals surface area contributed by atoms with Gasteiger partial charge in [-0.25, -0.2) is 8.42 Å². The van der Waals surface area contributed by atoms with Gasteiger partial charge in [0.05, 0.1) is 29.0 Å². The quantitative estimate of drug-likeness (QED) is 0.644. The smallest absolute Gasteiger partial charge is 0.230 e. The minimum atomic E-state index is -3.15. The summed E-state index contributed by atoms with van der Waals surface area (Å²) in [6, 6.07) is 6.78. The highest BCUT2D eigenvalue weighted by Crippen LogP contribution is 2.24. The molecular formula is C19H24ClN5O3S2. The maximum atomic E-state index is 12.6. The van der Waals surface area contributed by atoms with Crippen LogP contribution in [0.4, 0.5) is 0 Å². The lowest BCUT2D eigenvalue weighted by Gasteiger charge is -2.35. The van der Waals surface area contributed by atoms with Gasteiger partial charge < -0.3 is 5.32 Å². The van der Waals surface area contributed by atoms with Crippen LogP contribution in [-0.4, -0.2) is 76.4 Å². The highest BCUT2D eigenvalue weighted by Gasteiger charge is 2.41. The Labute approximate surface area is 185 Å². The number of piperidine rings is 1. The van der Waals surface area contributed by atoms with Crippen molar-refractivity contribution < 1.29 is 13.2 Å². The zero-order valence-electron chi connectivity index (χ0n) is 16.4. The average molecular weight is 470 g/mol. The molecule has 1 aromatic carbocycles. The van der Waals surface area contributed by atoms with E-state index in [1.54, 1.807) is 23.0 Å². The van der Waals surface area contributed by atoms with E-state index >= 15 is 0 Å². The lowest BCUT2D eigenvalue weighted by molar-refractivity contribution is -0.119. The maximum Gasteiger partial charge on any atom is 0.230 e. The van der Waals surface area contributed by atoms with Crippen molar-refractivity contribution in [2.75, 3.05) is 30.3 Å². The van der Waals surface area contributed by atoms with Gasteiger partial charge >= 0.3 is 0 Å².